The molecule has 0 aliphatic carbocycles. The number of halogens is 2. The van der Waals surface area contributed by atoms with E-state index in [0.717, 1.165) is 31.2 Å². The van der Waals surface area contributed by atoms with Gasteiger partial charge in [0.25, 0.3) is 0 Å². The molecule has 158 valence electrons. The topological polar surface area (TPSA) is 69.4 Å². The predicted octanol–water partition coefficient (Wildman–Crippen LogP) is 6.33. The van der Waals surface area contributed by atoms with Gasteiger partial charge in [-0.15, -0.1) is 11.3 Å². The third-order valence-corrected chi connectivity index (χ3v) is 7.04. The minimum Gasteiger partial charge on any atom is -0.465 e. The lowest BCUT2D eigenvalue weighted by atomic mass is 9.94. The summed E-state index contributed by atoms with van der Waals surface area (Å²) < 4.78 is 11.3. The Labute approximate surface area is 195 Å². The Morgan fingerprint density at radius 1 is 1.19 bits per heavy atom. The van der Waals surface area contributed by atoms with Gasteiger partial charge >= 0.3 is 11.6 Å². The molecule has 0 aliphatic rings. The van der Waals surface area contributed by atoms with E-state index in [9.17, 15) is 9.59 Å². The molecule has 2 aromatic carbocycles. The first-order valence-electron chi connectivity index (χ1n) is 9.35. The van der Waals surface area contributed by atoms with Crippen molar-refractivity contribution in [1.82, 2.24) is 4.98 Å². The summed E-state index contributed by atoms with van der Waals surface area (Å²) in [6.07, 6.45) is 0.295. The van der Waals surface area contributed by atoms with Gasteiger partial charge in [0.1, 0.15) is 11.1 Å². The zero-order valence-corrected chi connectivity index (χ0v) is 20.1. The van der Waals surface area contributed by atoms with Crippen molar-refractivity contribution >= 4 is 55.8 Å². The van der Waals surface area contributed by atoms with Gasteiger partial charge in [-0.1, -0.05) is 39.7 Å². The van der Waals surface area contributed by atoms with Crippen molar-refractivity contribution in [3.8, 4) is 11.1 Å². The minimum absolute atomic E-state index is 0.117. The number of fused-ring (bicyclic) bond motifs is 1. The third kappa shape index (κ3) is 4.05. The van der Waals surface area contributed by atoms with Crippen LogP contribution in [0.4, 0.5) is 0 Å². The summed E-state index contributed by atoms with van der Waals surface area (Å²) in [5.74, 6) is -0.738. The van der Waals surface area contributed by atoms with Crippen LogP contribution in [-0.4, -0.2) is 18.1 Å². The number of carbonyl (C=O) groups excluding carboxylic acids is 1. The van der Waals surface area contributed by atoms with Crippen molar-refractivity contribution in [3.05, 3.63) is 83.0 Å². The van der Waals surface area contributed by atoms with E-state index < -0.39 is 11.6 Å². The number of methoxy groups -OCH3 is 1. The van der Waals surface area contributed by atoms with Gasteiger partial charge in [0.05, 0.1) is 17.8 Å². The molecule has 0 saturated heterocycles. The van der Waals surface area contributed by atoms with E-state index in [1.165, 1.54) is 18.4 Å². The molecule has 2 aromatic heterocycles. The molecule has 0 N–H and O–H groups in total. The number of thiazole rings is 1. The molecule has 4 rings (SSSR count). The second-order valence-corrected chi connectivity index (χ2v) is 9.54. The number of esters is 1. The van der Waals surface area contributed by atoms with Gasteiger partial charge in [-0.2, -0.15) is 0 Å². The highest BCUT2D eigenvalue weighted by Gasteiger charge is 2.26. The van der Waals surface area contributed by atoms with Crippen LogP contribution in [0.15, 0.2) is 50.1 Å². The Morgan fingerprint density at radius 3 is 2.52 bits per heavy atom. The maximum absolute atomic E-state index is 12.8. The SMILES string of the molecule is COC(=O)c1c(Cc2nc(C)c(C)s2)c2c(-c3ccc(Cl)cc3)c(Br)ccc2oc1=O. The number of rotatable bonds is 4. The van der Waals surface area contributed by atoms with Crippen LogP contribution in [0.25, 0.3) is 22.1 Å². The summed E-state index contributed by atoms with van der Waals surface area (Å²) in [6, 6.07) is 10.9. The molecule has 4 aromatic rings. The Hall–Kier alpha value is -2.48. The summed E-state index contributed by atoms with van der Waals surface area (Å²) in [7, 11) is 1.24. The van der Waals surface area contributed by atoms with E-state index in [-0.39, 0.29) is 5.56 Å². The number of aryl methyl sites for hydroxylation is 2. The second kappa shape index (κ2) is 8.57. The lowest BCUT2D eigenvalue weighted by Crippen LogP contribution is -2.19. The average molecular weight is 519 g/mol. The first-order chi connectivity index (χ1) is 14.8. The second-order valence-electron chi connectivity index (χ2n) is 6.96. The standard InChI is InChI=1S/C23H17BrClNO4S/c1-11-12(2)31-18(26-11)10-15-20-17(30-23(28)21(15)22(27)29-3)9-8-16(24)19(20)13-4-6-14(25)7-5-13/h4-9H,10H2,1-3H3. The average Bonchev–Trinajstić information content (AvgIpc) is 3.05. The molecule has 0 amide bonds. The van der Waals surface area contributed by atoms with Crippen LogP contribution in [0, 0.1) is 13.8 Å². The lowest BCUT2D eigenvalue weighted by Gasteiger charge is -2.15. The van der Waals surface area contributed by atoms with Crippen LogP contribution in [0.5, 0.6) is 0 Å². The van der Waals surface area contributed by atoms with Gasteiger partial charge in [0.15, 0.2) is 0 Å². The number of ether oxygens (including phenoxy) is 1. The molecule has 0 atom stereocenters. The van der Waals surface area contributed by atoms with E-state index in [1.807, 2.05) is 32.0 Å². The molecular weight excluding hydrogens is 502 g/mol. The van der Waals surface area contributed by atoms with Crippen molar-refractivity contribution in [2.24, 2.45) is 0 Å². The minimum atomic E-state index is -0.738. The van der Waals surface area contributed by atoms with Crippen LogP contribution < -0.4 is 5.63 Å². The van der Waals surface area contributed by atoms with Crippen LogP contribution in [-0.2, 0) is 11.2 Å². The summed E-state index contributed by atoms with van der Waals surface area (Å²) in [6.45, 7) is 3.93. The smallest absolute Gasteiger partial charge is 0.351 e. The fourth-order valence-corrected chi connectivity index (χ4v) is 5.12. The fourth-order valence-electron chi connectivity index (χ4n) is 3.49. The summed E-state index contributed by atoms with van der Waals surface area (Å²) in [4.78, 5) is 31.1. The highest BCUT2D eigenvalue weighted by atomic mass is 79.9. The number of carbonyl (C=O) groups is 1. The van der Waals surface area contributed by atoms with E-state index in [2.05, 4.69) is 20.9 Å². The first kappa shape index (κ1) is 21.7. The predicted molar refractivity (Wildman–Crippen MR) is 126 cm³/mol. The number of benzene rings is 2. The van der Waals surface area contributed by atoms with Crippen LogP contribution in [0.2, 0.25) is 5.02 Å². The Balaban J connectivity index is 2.11. The fraction of sp³-hybridized carbons (Fsp3) is 0.174. The first-order valence-corrected chi connectivity index (χ1v) is 11.3. The van der Waals surface area contributed by atoms with E-state index in [0.29, 0.717) is 28.0 Å². The Morgan fingerprint density at radius 2 is 1.90 bits per heavy atom. The Bertz CT molecular complexity index is 1360. The normalized spacial score (nSPS) is 11.1. The quantitative estimate of drug-likeness (QED) is 0.233. The molecular formula is C23H17BrClNO4S. The van der Waals surface area contributed by atoms with Gasteiger partial charge in [0, 0.05) is 31.7 Å². The van der Waals surface area contributed by atoms with Gasteiger partial charge in [-0.3, -0.25) is 0 Å². The highest BCUT2D eigenvalue weighted by molar-refractivity contribution is 9.10. The molecule has 0 unspecified atom stereocenters. The molecule has 0 fully saturated rings. The van der Waals surface area contributed by atoms with Gasteiger partial charge in [0.2, 0.25) is 0 Å². The zero-order chi connectivity index (χ0) is 22.3. The molecule has 8 heteroatoms. The highest BCUT2D eigenvalue weighted by Crippen LogP contribution is 2.39. The van der Waals surface area contributed by atoms with Crippen LogP contribution in [0.3, 0.4) is 0 Å². The van der Waals surface area contributed by atoms with E-state index in [4.69, 9.17) is 20.8 Å². The van der Waals surface area contributed by atoms with Crippen molar-refractivity contribution in [2.75, 3.05) is 7.11 Å². The maximum atomic E-state index is 12.8. The third-order valence-electron chi connectivity index (χ3n) is 5.05. The molecule has 0 aliphatic heterocycles. The number of hydrogen-bond acceptors (Lipinski definition) is 6. The van der Waals surface area contributed by atoms with Crippen molar-refractivity contribution in [1.29, 1.82) is 0 Å². The monoisotopic (exact) mass is 517 g/mol. The molecule has 5 nitrogen and oxygen atoms in total. The van der Waals surface area contributed by atoms with E-state index >= 15 is 0 Å². The molecule has 0 bridgehead atoms. The molecule has 0 spiro atoms. The molecule has 0 saturated carbocycles. The summed E-state index contributed by atoms with van der Waals surface area (Å²) in [5, 5.41) is 2.06. The zero-order valence-electron chi connectivity index (χ0n) is 16.9. The number of nitrogens with zero attached hydrogens (tertiary/aromatic N) is 1. The molecule has 2 heterocycles. The lowest BCUT2D eigenvalue weighted by molar-refractivity contribution is 0.0595. The van der Waals surface area contributed by atoms with Gasteiger partial charge in [-0.25, -0.2) is 14.6 Å². The van der Waals surface area contributed by atoms with Crippen molar-refractivity contribution in [3.63, 3.8) is 0 Å². The molecule has 31 heavy (non-hydrogen) atoms. The summed E-state index contributed by atoms with van der Waals surface area (Å²) in [5.41, 5.74) is 2.63. The summed E-state index contributed by atoms with van der Waals surface area (Å²) >= 11 is 11.2. The van der Waals surface area contributed by atoms with Gasteiger partial charge < -0.3 is 9.15 Å². The van der Waals surface area contributed by atoms with Crippen molar-refractivity contribution in [2.45, 2.75) is 20.3 Å². The van der Waals surface area contributed by atoms with Crippen molar-refractivity contribution < 1.29 is 13.9 Å². The number of aromatic nitrogens is 1. The van der Waals surface area contributed by atoms with Crippen LogP contribution >= 0.6 is 38.9 Å². The largest absolute Gasteiger partial charge is 0.465 e. The molecule has 0 radical (unpaired) electrons. The number of hydrogen-bond donors (Lipinski definition) is 0. The van der Waals surface area contributed by atoms with Gasteiger partial charge in [-0.05, 0) is 49.2 Å². The van der Waals surface area contributed by atoms with E-state index in [1.54, 1.807) is 18.2 Å². The Kier molecular flexibility index (Phi) is 6.01. The van der Waals surface area contributed by atoms with Crippen LogP contribution in [0.1, 0.15) is 31.5 Å². The maximum Gasteiger partial charge on any atom is 0.351 e.